The average Bonchev–Trinajstić information content (AvgIpc) is 3.23. The lowest BCUT2D eigenvalue weighted by molar-refractivity contribution is -0.124. The van der Waals surface area contributed by atoms with Crippen molar-refractivity contribution in [3.63, 3.8) is 0 Å². The van der Waals surface area contributed by atoms with Gasteiger partial charge in [0.1, 0.15) is 0 Å². The summed E-state index contributed by atoms with van der Waals surface area (Å²) in [5, 5.41) is 9.90. The Morgan fingerprint density at radius 3 is 2.89 bits per heavy atom. The van der Waals surface area contributed by atoms with E-state index in [9.17, 15) is 9.59 Å². The Kier molecular flexibility index (Phi) is 8.61. The largest absolute Gasteiger partial charge is 0.369 e. The highest BCUT2D eigenvalue weighted by atomic mass is 127. The van der Waals surface area contributed by atoms with E-state index >= 15 is 0 Å². The number of anilines is 1. The number of hydrogen-bond donors (Lipinski definition) is 3. The molecule has 154 valence electrons. The molecule has 0 spiro atoms. The maximum Gasteiger partial charge on any atom is 0.324 e. The van der Waals surface area contributed by atoms with Crippen LogP contribution < -0.4 is 20.9 Å². The van der Waals surface area contributed by atoms with Crippen LogP contribution in [0.15, 0.2) is 29.3 Å². The number of urea groups is 1. The second-order valence-electron chi connectivity index (χ2n) is 6.52. The Morgan fingerprint density at radius 1 is 1.39 bits per heavy atom. The highest BCUT2D eigenvalue weighted by Crippen LogP contribution is 2.23. The molecule has 2 saturated heterocycles. The molecule has 3 rings (SSSR count). The van der Waals surface area contributed by atoms with E-state index in [4.69, 9.17) is 11.6 Å². The van der Waals surface area contributed by atoms with Gasteiger partial charge < -0.3 is 20.9 Å². The summed E-state index contributed by atoms with van der Waals surface area (Å²) >= 11 is 6.09. The third-order valence-corrected chi connectivity index (χ3v) is 4.81. The molecule has 0 bridgehead atoms. The topological polar surface area (TPSA) is 89.1 Å². The van der Waals surface area contributed by atoms with Crippen molar-refractivity contribution in [2.45, 2.75) is 19.4 Å². The van der Waals surface area contributed by atoms with Crippen LogP contribution in [0.5, 0.6) is 0 Å². The normalized spacial score (nSPS) is 19.5. The number of nitrogens with zero attached hydrogens (tertiary/aromatic N) is 3. The molecule has 0 aromatic heterocycles. The molecule has 0 saturated carbocycles. The van der Waals surface area contributed by atoms with Crippen LogP contribution in [-0.2, 0) is 4.79 Å². The van der Waals surface area contributed by atoms with E-state index in [1.807, 2.05) is 25.1 Å². The molecule has 1 atom stereocenters. The number of imide groups is 1. The van der Waals surface area contributed by atoms with Crippen molar-refractivity contribution in [2.75, 3.05) is 44.2 Å². The number of carbonyl (C=O) groups is 2. The first-order valence-corrected chi connectivity index (χ1v) is 9.58. The lowest BCUT2D eigenvalue weighted by atomic mass is 10.3. The summed E-state index contributed by atoms with van der Waals surface area (Å²) in [5.41, 5.74) is 1.12. The van der Waals surface area contributed by atoms with Gasteiger partial charge in [-0.25, -0.2) is 4.79 Å². The van der Waals surface area contributed by atoms with Crippen LogP contribution in [-0.4, -0.2) is 68.1 Å². The number of guanidine groups is 1. The lowest BCUT2D eigenvalue weighted by Gasteiger charge is -2.20. The third kappa shape index (κ3) is 5.87. The first kappa shape index (κ1) is 22.5. The van der Waals surface area contributed by atoms with Gasteiger partial charge in [0.2, 0.25) is 5.91 Å². The van der Waals surface area contributed by atoms with Gasteiger partial charge in [-0.2, -0.15) is 0 Å². The molecule has 0 aliphatic carbocycles. The van der Waals surface area contributed by atoms with Crippen LogP contribution >= 0.6 is 35.6 Å². The van der Waals surface area contributed by atoms with Gasteiger partial charge in [0.25, 0.3) is 0 Å². The zero-order valence-corrected chi connectivity index (χ0v) is 18.9. The highest BCUT2D eigenvalue weighted by Gasteiger charge is 2.28. The van der Waals surface area contributed by atoms with Crippen LogP contribution in [0.25, 0.3) is 0 Å². The fourth-order valence-corrected chi connectivity index (χ4v) is 3.43. The second kappa shape index (κ2) is 10.7. The van der Waals surface area contributed by atoms with Crippen LogP contribution in [0.2, 0.25) is 5.02 Å². The predicted molar refractivity (Wildman–Crippen MR) is 122 cm³/mol. The van der Waals surface area contributed by atoms with E-state index in [1.165, 1.54) is 4.90 Å². The van der Waals surface area contributed by atoms with Crippen molar-refractivity contribution in [3.8, 4) is 0 Å². The molecule has 8 nitrogen and oxygen atoms in total. The molecule has 2 heterocycles. The van der Waals surface area contributed by atoms with Gasteiger partial charge in [0, 0.05) is 36.4 Å². The fraction of sp³-hybridized carbons (Fsp3) is 0.500. The smallest absolute Gasteiger partial charge is 0.324 e. The summed E-state index contributed by atoms with van der Waals surface area (Å²) in [6.07, 6.45) is 0.990. The van der Waals surface area contributed by atoms with Crippen molar-refractivity contribution in [3.05, 3.63) is 29.3 Å². The summed E-state index contributed by atoms with van der Waals surface area (Å²) < 4.78 is 0. The molecule has 10 heteroatoms. The van der Waals surface area contributed by atoms with Gasteiger partial charge in [0.05, 0.1) is 19.6 Å². The fourth-order valence-electron chi connectivity index (χ4n) is 3.24. The Morgan fingerprint density at radius 2 is 2.21 bits per heavy atom. The Labute approximate surface area is 187 Å². The van der Waals surface area contributed by atoms with Gasteiger partial charge in [-0.05, 0) is 31.5 Å². The van der Waals surface area contributed by atoms with Crippen molar-refractivity contribution < 1.29 is 9.59 Å². The van der Waals surface area contributed by atoms with Crippen molar-refractivity contribution >= 4 is 59.2 Å². The van der Waals surface area contributed by atoms with Crippen LogP contribution in [0.1, 0.15) is 13.3 Å². The van der Waals surface area contributed by atoms with E-state index in [2.05, 4.69) is 31.9 Å². The number of nitrogens with one attached hydrogen (secondary N) is 3. The van der Waals surface area contributed by atoms with Crippen molar-refractivity contribution in [2.24, 2.45) is 4.99 Å². The van der Waals surface area contributed by atoms with E-state index in [0.717, 1.165) is 36.8 Å². The number of carbonyl (C=O) groups excluding carboxylic acids is 2. The number of halogens is 2. The maximum atomic E-state index is 11.6. The van der Waals surface area contributed by atoms with Gasteiger partial charge in [0.15, 0.2) is 5.96 Å². The van der Waals surface area contributed by atoms with E-state index in [1.54, 1.807) is 0 Å². The molecule has 0 radical (unpaired) electrons. The zero-order valence-electron chi connectivity index (χ0n) is 15.8. The van der Waals surface area contributed by atoms with Crippen LogP contribution in [0.4, 0.5) is 10.5 Å². The molecule has 2 fully saturated rings. The van der Waals surface area contributed by atoms with E-state index < -0.39 is 0 Å². The third-order valence-electron chi connectivity index (χ3n) is 4.58. The molecule has 2 aliphatic rings. The summed E-state index contributed by atoms with van der Waals surface area (Å²) in [6.45, 7) is 5.25. The van der Waals surface area contributed by atoms with Gasteiger partial charge in [-0.3, -0.25) is 14.7 Å². The van der Waals surface area contributed by atoms with Crippen molar-refractivity contribution in [1.82, 2.24) is 20.9 Å². The number of aliphatic imine (C=N–C) groups is 1. The molecule has 1 aromatic rings. The molecule has 3 N–H and O–H groups in total. The molecule has 28 heavy (non-hydrogen) atoms. The molecular formula is C18H26ClIN6O2. The first-order chi connectivity index (χ1) is 13.1. The Bertz CT molecular complexity index is 716. The molecule has 3 amide bonds. The Hall–Kier alpha value is -1.75. The van der Waals surface area contributed by atoms with Gasteiger partial charge in [-0.1, -0.05) is 17.7 Å². The van der Waals surface area contributed by atoms with Crippen molar-refractivity contribution in [1.29, 1.82) is 0 Å². The van der Waals surface area contributed by atoms with Crippen LogP contribution in [0, 0.1) is 0 Å². The zero-order chi connectivity index (χ0) is 19.2. The molecule has 1 aromatic carbocycles. The van der Waals surface area contributed by atoms with Gasteiger partial charge >= 0.3 is 6.03 Å². The monoisotopic (exact) mass is 520 g/mol. The first-order valence-electron chi connectivity index (χ1n) is 9.20. The summed E-state index contributed by atoms with van der Waals surface area (Å²) in [4.78, 5) is 31.2. The summed E-state index contributed by atoms with van der Waals surface area (Å²) in [6, 6.07) is 7.78. The standard InChI is InChI=1S/C18H25ClN6O2.HI/c1-2-20-17(21-7-9-25-16(26)11-22-18(25)27)23-14-6-8-24(12-14)15-5-3-4-13(19)10-15;/h3-5,10,14H,2,6-9,11-12H2,1H3,(H,22,27)(H2,20,21,23);1H. The summed E-state index contributed by atoms with van der Waals surface area (Å²) in [7, 11) is 0. The minimum Gasteiger partial charge on any atom is -0.369 e. The number of benzene rings is 1. The molecule has 2 aliphatic heterocycles. The minimum absolute atomic E-state index is 0. The Balaban J connectivity index is 0.00000280. The van der Waals surface area contributed by atoms with E-state index in [0.29, 0.717) is 12.5 Å². The molecular weight excluding hydrogens is 495 g/mol. The quantitative estimate of drug-likeness (QED) is 0.230. The van der Waals surface area contributed by atoms with Crippen LogP contribution in [0.3, 0.4) is 0 Å². The maximum absolute atomic E-state index is 11.6. The number of rotatable bonds is 6. The predicted octanol–water partition coefficient (Wildman–Crippen LogP) is 1.64. The minimum atomic E-state index is -0.346. The summed E-state index contributed by atoms with van der Waals surface area (Å²) in [5.74, 6) is 0.489. The average molecular weight is 521 g/mol. The van der Waals surface area contributed by atoms with Gasteiger partial charge in [-0.15, -0.1) is 24.0 Å². The SMILES string of the molecule is CCNC(=NCCN1C(=O)CNC1=O)NC1CCN(c2cccc(Cl)c2)C1.I. The second-order valence-corrected chi connectivity index (χ2v) is 6.96. The number of hydrogen-bond acceptors (Lipinski definition) is 4. The number of amides is 3. The molecule has 1 unspecified atom stereocenters. The lowest BCUT2D eigenvalue weighted by Crippen LogP contribution is -2.45. The highest BCUT2D eigenvalue weighted by molar-refractivity contribution is 14.0. The van der Waals surface area contributed by atoms with E-state index in [-0.39, 0.29) is 55.0 Å².